The Balaban J connectivity index is 1.10. The molecule has 192 valence electrons. The Hall–Kier alpha value is -4.82. The van der Waals surface area contributed by atoms with Crippen LogP contribution in [0.2, 0.25) is 5.02 Å². The molecule has 0 spiro atoms. The predicted molar refractivity (Wildman–Crippen MR) is 143 cm³/mol. The zero-order valence-corrected chi connectivity index (χ0v) is 21.5. The van der Waals surface area contributed by atoms with Gasteiger partial charge < -0.3 is 10.2 Å². The smallest absolute Gasteiger partial charge is 0.271 e. The number of nitrogens with one attached hydrogen (secondary N) is 1. The van der Waals surface area contributed by atoms with E-state index in [4.69, 9.17) is 21.6 Å². The largest absolute Gasteiger partial charge is 0.355 e. The average molecular weight is 537 g/mol. The van der Waals surface area contributed by atoms with Gasteiger partial charge in [0.2, 0.25) is 0 Å². The number of halogens is 1. The molecule has 1 saturated carbocycles. The summed E-state index contributed by atoms with van der Waals surface area (Å²) < 4.78 is 3.44. The van der Waals surface area contributed by atoms with Crippen molar-refractivity contribution in [1.82, 2.24) is 39.7 Å². The molecule has 2 aliphatic rings. The number of rotatable bonds is 5. The number of carbonyl (C=O) groups excluding carboxylic acids is 1. The van der Waals surface area contributed by atoms with Gasteiger partial charge in [0.15, 0.2) is 0 Å². The molecule has 7 rings (SSSR count). The summed E-state index contributed by atoms with van der Waals surface area (Å²) in [5, 5.41) is 21.7. The van der Waals surface area contributed by atoms with Gasteiger partial charge in [-0.25, -0.2) is 14.5 Å². The van der Waals surface area contributed by atoms with E-state index in [9.17, 15) is 10.1 Å². The van der Waals surface area contributed by atoms with Gasteiger partial charge in [-0.15, -0.1) is 0 Å². The summed E-state index contributed by atoms with van der Waals surface area (Å²) in [4.78, 5) is 28.3. The van der Waals surface area contributed by atoms with Gasteiger partial charge in [0.1, 0.15) is 17.6 Å². The first-order chi connectivity index (χ1) is 19.0. The van der Waals surface area contributed by atoms with E-state index in [1.54, 1.807) is 52.3 Å². The number of anilines is 1. The van der Waals surface area contributed by atoms with E-state index < -0.39 is 0 Å². The van der Waals surface area contributed by atoms with E-state index >= 15 is 0 Å². The van der Waals surface area contributed by atoms with E-state index in [2.05, 4.69) is 31.5 Å². The lowest BCUT2D eigenvalue weighted by Gasteiger charge is -2.21. The predicted octanol–water partition coefficient (Wildman–Crippen LogP) is 2.98. The first kappa shape index (κ1) is 23.3. The molecule has 1 saturated heterocycles. The lowest BCUT2D eigenvalue weighted by Crippen LogP contribution is -2.35. The Bertz CT molecular complexity index is 1770. The lowest BCUT2D eigenvalue weighted by molar-refractivity contribution is 0.0942. The van der Waals surface area contributed by atoms with Crippen LogP contribution >= 0.6 is 11.6 Å². The summed E-state index contributed by atoms with van der Waals surface area (Å²) in [6.45, 7) is 1.56. The normalized spacial score (nSPS) is 19.6. The topological polar surface area (TPSA) is 130 Å². The van der Waals surface area contributed by atoms with Crippen LogP contribution in [0, 0.1) is 23.2 Å². The first-order valence-electron chi connectivity index (χ1n) is 12.4. The van der Waals surface area contributed by atoms with Crippen LogP contribution in [0.1, 0.15) is 16.1 Å². The zero-order chi connectivity index (χ0) is 26.7. The Morgan fingerprint density at radius 1 is 1.08 bits per heavy atom. The van der Waals surface area contributed by atoms with Crippen LogP contribution in [-0.4, -0.2) is 59.4 Å². The Morgan fingerprint density at radius 2 is 1.92 bits per heavy atom. The third-order valence-electron chi connectivity index (χ3n) is 7.47. The molecule has 5 aromatic heterocycles. The lowest BCUT2D eigenvalue weighted by atomic mass is 10.0. The number of aromatic nitrogens is 7. The molecule has 0 radical (unpaired) electrons. The van der Waals surface area contributed by atoms with Crippen LogP contribution in [0.25, 0.3) is 27.9 Å². The molecule has 0 bridgehead atoms. The fraction of sp³-hybridized carbons (Fsp3) is 0.222. The van der Waals surface area contributed by atoms with Crippen LogP contribution in [0.15, 0.2) is 61.6 Å². The Kier molecular flexibility index (Phi) is 5.31. The number of amides is 1. The molecule has 6 heterocycles. The number of fused-ring (bicyclic) bond motifs is 2. The number of aryl methyl sites for hydroxylation is 1. The van der Waals surface area contributed by atoms with Gasteiger partial charge in [-0.2, -0.15) is 15.5 Å². The standard InChI is InChI=1S/C27H21ClN10O/c1-36-11-17(8-33-36)15-5-18(26-16(6-29)7-34-38(26)12-15)22-9-32-23(10-31-22)37-13-19-20(14-37)24(19)35-27(39)25-21(28)3-2-4-30-25/h2-5,7-12,19-20,24H,13-14H2,1H3,(H,35,39)/t19-,20+,24+. The molecule has 1 N–H and O–H groups in total. The molecule has 3 atom stereocenters. The van der Waals surface area contributed by atoms with E-state index in [0.29, 0.717) is 33.6 Å². The van der Waals surface area contributed by atoms with Gasteiger partial charge >= 0.3 is 0 Å². The van der Waals surface area contributed by atoms with Crippen LogP contribution in [0.3, 0.4) is 0 Å². The molecule has 11 nitrogen and oxygen atoms in total. The molecule has 1 aliphatic heterocycles. The number of pyridine rings is 2. The average Bonchev–Trinajstić information content (AvgIpc) is 3.40. The second kappa shape index (κ2) is 8.89. The highest BCUT2D eigenvalue weighted by Gasteiger charge is 2.57. The maximum absolute atomic E-state index is 12.6. The van der Waals surface area contributed by atoms with Crippen molar-refractivity contribution in [2.75, 3.05) is 18.0 Å². The van der Waals surface area contributed by atoms with Crippen molar-refractivity contribution in [3.05, 3.63) is 77.9 Å². The van der Waals surface area contributed by atoms with E-state index in [0.717, 1.165) is 35.6 Å². The number of hydrogen-bond acceptors (Lipinski definition) is 8. The van der Waals surface area contributed by atoms with Crippen molar-refractivity contribution < 1.29 is 4.79 Å². The van der Waals surface area contributed by atoms with Gasteiger partial charge in [0, 0.05) is 73.3 Å². The minimum absolute atomic E-state index is 0.105. The molecule has 1 aliphatic carbocycles. The fourth-order valence-electron chi connectivity index (χ4n) is 5.45. The van der Waals surface area contributed by atoms with Gasteiger partial charge in [0.25, 0.3) is 5.91 Å². The number of nitrogens with zero attached hydrogens (tertiary/aromatic N) is 9. The second-order valence-electron chi connectivity index (χ2n) is 9.83. The quantitative estimate of drug-likeness (QED) is 0.363. The fourth-order valence-corrected chi connectivity index (χ4v) is 5.66. The van der Waals surface area contributed by atoms with Crippen molar-refractivity contribution in [2.45, 2.75) is 6.04 Å². The van der Waals surface area contributed by atoms with Gasteiger partial charge in [-0.05, 0) is 18.2 Å². The molecule has 0 unspecified atom stereocenters. The summed E-state index contributed by atoms with van der Waals surface area (Å²) in [6.07, 6.45) is 12.2. The zero-order valence-electron chi connectivity index (χ0n) is 20.7. The maximum Gasteiger partial charge on any atom is 0.271 e. The monoisotopic (exact) mass is 536 g/mol. The summed E-state index contributed by atoms with van der Waals surface area (Å²) in [5.41, 5.74) is 4.65. The summed E-state index contributed by atoms with van der Waals surface area (Å²) in [7, 11) is 1.86. The number of hydrogen-bond donors (Lipinski definition) is 1. The highest BCUT2D eigenvalue weighted by molar-refractivity contribution is 6.33. The molecular weight excluding hydrogens is 516 g/mol. The highest BCUT2D eigenvalue weighted by atomic mass is 35.5. The van der Waals surface area contributed by atoms with Crippen LogP contribution in [-0.2, 0) is 7.05 Å². The molecule has 1 amide bonds. The van der Waals surface area contributed by atoms with Crippen molar-refractivity contribution in [3.8, 4) is 28.5 Å². The molecular formula is C27H21ClN10O. The van der Waals surface area contributed by atoms with E-state index in [1.165, 1.54) is 0 Å². The second-order valence-corrected chi connectivity index (χ2v) is 10.2. The molecule has 5 aromatic rings. The summed E-state index contributed by atoms with van der Waals surface area (Å²) in [6, 6.07) is 7.68. The highest BCUT2D eigenvalue weighted by Crippen LogP contribution is 2.46. The van der Waals surface area contributed by atoms with Crippen LogP contribution in [0.4, 0.5) is 5.82 Å². The minimum atomic E-state index is -0.243. The number of piperidine rings is 1. The molecule has 2 fully saturated rings. The number of nitriles is 1. The third-order valence-corrected chi connectivity index (χ3v) is 7.78. The van der Waals surface area contributed by atoms with Crippen LogP contribution in [0.5, 0.6) is 0 Å². The van der Waals surface area contributed by atoms with Gasteiger partial charge in [0.05, 0.1) is 46.6 Å². The summed E-state index contributed by atoms with van der Waals surface area (Å²) >= 11 is 6.12. The molecule has 39 heavy (non-hydrogen) atoms. The molecule has 12 heteroatoms. The van der Waals surface area contributed by atoms with Crippen molar-refractivity contribution in [2.24, 2.45) is 18.9 Å². The maximum atomic E-state index is 12.6. The van der Waals surface area contributed by atoms with Gasteiger partial charge in [-0.1, -0.05) is 11.6 Å². The van der Waals surface area contributed by atoms with Crippen molar-refractivity contribution in [1.29, 1.82) is 5.26 Å². The number of carbonyl (C=O) groups is 1. The van der Waals surface area contributed by atoms with Crippen molar-refractivity contribution in [3.63, 3.8) is 0 Å². The first-order valence-corrected chi connectivity index (χ1v) is 12.8. The van der Waals surface area contributed by atoms with Crippen LogP contribution < -0.4 is 10.2 Å². The van der Waals surface area contributed by atoms with E-state index in [1.807, 2.05) is 25.5 Å². The Morgan fingerprint density at radius 3 is 2.62 bits per heavy atom. The summed E-state index contributed by atoms with van der Waals surface area (Å²) in [5.74, 6) is 1.22. The van der Waals surface area contributed by atoms with Crippen molar-refractivity contribution >= 4 is 28.8 Å². The minimum Gasteiger partial charge on any atom is -0.355 e. The third kappa shape index (κ3) is 3.97. The SMILES string of the molecule is Cn1cc(-c2cc(-c3cnc(N4C[C@@H]5[C@H](C4)[C@H]5NC(=O)c4ncccc4Cl)cn3)c3c(C#N)cnn3c2)cn1. The Labute approximate surface area is 227 Å². The van der Waals surface area contributed by atoms with E-state index in [-0.39, 0.29) is 17.6 Å². The molecule has 0 aromatic carbocycles. The van der Waals surface area contributed by atoms with Gasteiger partial charge in [-0.3, -0.25) is 14.5 Å².